The molecule has 0 aliphatic heterocycles. The highest BCUT2D eigenvalue weighted by Crippen LogP contribution is 2.75. The summed E-state index contributed by atoms with van der Waals surface area (Å²) in [6.07, 6.45) is 0. The molecule has 0 spiro atoms. The average molecular weight is 774 g/mol. The van der Waals surface area contributed by atoms with E-state index in [0.29, 0.717) is 16.7 Å². The molecule has 0 saturated carbocycles. The molecule has 212 valence electrons. The van der Waals surface area contributed by atoms with E-state index in [1.165, 1.54) is 12.1 Å². The summed E-state index contributed by atoms with van der Waals surface area (Å²) in [6, 6.07) is 11.4. The highest BCUT2D eigenvalue weighted by molar-refractivity contribution is 14.1. The Bertz CT molecular complexity index is 1530. The molecule has 2 aromatic rings. The zero-order valence-electron chi connectivity index (χ0n) is 17.6. The van der Waals surface area contributed by atoms with Crippen molar-refractivity contribution < 1.29 is 85.7 Å². The van der Waals surface area contributed by atoms with Gasteiger partial charge in [0.1, 0.15) is 28.8 Å². The summed E-state index contributed by atoms with van der Waals surface area (Å²) in [4.78, 5) is 54.6. The minimum absolute atomic E-state index is 0.165. The third-order valence-corrected chi connectivity index (χ3v) is 14.1. The fourth-order valence-corrected chi connectivity index (χ4v) is 11.2. The van der Waals surface area contributed by atoms with E-state index in [1.807, 2.05) is 0 Å². The number of rotatable bonds is 13. The first-order valence-corrected chi connectivity index (χ1v) is 18.8. The SMILES string of the molecule is O=P(O)(O)OP(=O)(O)OP(=O)(O)OP(=O)(O)OP(=O)(O)OP(=O)(OI)Oc1cccc2c1-c1ccccc1-2. The molecule has 5 atom stereocenters. The molecule has 3 rings (SSSR count). The van der Waals surface area contributed by atoms with Crippen molar-refractivity contribution in [2.75, 3.05) is 0 Å². The first kappa shape index (κ1) is 32.4. The number of hydrogen-bond acceptors (Lipinski definition) is 13. The predicted octanol–water partition coefficient (Wildman–Crippen LogP) is 4.76. The fraction of sp³-hybridized carbons (Fsp3) is 0. The lowest BCUT2D eigenvalue weighted by Crippen LogP contribution is -2.04. The Morgan fingerprint density at radius 3 is 1.50 bits per heavy atom. The number of halogens is 1. The summed E-state index contributed by atoms with van der Waals surface area (Å²) in [5.41, 5.74) is 2.52. The molecule has 0 bridgehead atoms. The molecule has 26 heteroatoms. The van der Waals surface area contributed by atoms with Crippen LogP contribution >= 0.6 is 69.9 Å². The molecule has 19 nitrogen and oxygen atoms in total. The van der Waals surface area contributed by atoms with Crippen molar-refractivity contribution in [2.24, 2.45) is 0 Å². The molecular formula is C12H13IO19P6. The normalized spacial score (nSPS) is 20.7. The molecule has 0 radical (unpaired) electrons. The quantitative estimate of drug-likeness (QED) is 0.101. The molecule has 5 unspecified atom stereocenters. The molecular weight excluding hydrogens is 761 g/mol. The van der Waals surface area contributed by atoms with Gasteiger partial charge < -0.3 is 33.9 Å². The Balaban J connectivity index is 1.73. The van der Waals surface area contributed by atoms with E-state index in [2.05, 4.69) is 24.4 Å². The van der Waals surface area contributed by atoms with Crippen LogP contribution in [-0.2, 0) is 51.8 Å². The lowest BCUT2D eigenvalue weighted by molar-refractivity contribution is 0.187. The average Bonchev–Trinajstić information content (AvgIpc) is 2.66. The largest absolute Gasteiger partial charge is 0.548 e. The second-order valence-corrected chi connectivity index (χ2v) is 17.0. The number of fused-ring (bicyclic) bond motifs is 4. The monoisotopic (exact) mass is 774 g/mol. The van der Waals surface area contributed by atoms with Crippen molar-refractivity contribution in [3.05, 3.63) is 42.5 Å². The van der Waals surface area contributed by atoms with E-state index >= 15 is 0 Å². The van der Waals surface area contributed by atoms with E-state index in [1.54, 1.807) is 30.3 Å². The minimum atomic E-state index is -6.30. The summed E-state index contributed by atoms with van der Waals surface area (Å²) in [6.45, 7) is 0. The highest BCUT2D eigenvalue weighted by Gasteiger charge is 2.50. The van der Waals surface area contributed by atoms with Crippen LogP contribution in [0.1, 0.15) is 0 Å². The van der Waals surface area contributed by atoms with Crippen LogP contribution in [0, 0.1) is 0 Å². The predicted molar refractivity (Wildman–Crippen MR) is 131 cm³/mol. The molecule has 2 aromatic carbocycles. The maximum absolute atomic E-state index is 12.9. The van der Waals surface area contributed by atoms with Crippen molar-refractivity contribution in [3.8, 4) is 28.0 Å². The Morgan fingerprint density at radius 2 is 1.00 bits per heavy atom. The van der Waals surface area contributed by atoms with Crippen LogP contribution in [0.2, 0.25) is 0 Å². The van der Waals surface area contributed by atoms with Crippen LogP contribution in [0.25, 0.3) is 22.3 Å². The molecule has 38 heavy (non-hydrogen) atoms. The van der Waals surface area contributed by atoms with Gasteiger partial charge in [-0.1, -0.05) is 36.4 Å². The van der Waals surface area contributed by atoms with Crippen molar-refractivity contribution in [2.45, 2.75) is 0 Å². The van der Waals surface area contributed by atoms with Gasteiger partial charge in [-0.2, -0.15) is 21.6 Å². The number of phosphoric acid groups is 6. The molecule has 1 aliphatic rings. The molecule has 0 saturated heterocycles. The van der Waals surface area contributed by atoms with Gasteiger partial charge in [-0.3, -0.25) is 0 Å². The van der Waals surface area contributed by atoms with Crippen LogP contribution in [0.5, 0.6) is 5.75 Å². The number of benzene rings is 2. The first-order chi connectivity index (χ1) is 17.2. The highest BCUT2D eigenvalue weighted by atomic mass is 127. The third kappa shape index (κ3) is 8.68. The van der Waals surface area contributed by atoms with E-state index in [-0.39, 0.29) is 5.75 Å². The van der Waals surface area contributed by atoms with Crippen molar-refractivity contribution in [1.82, 2.24) is 0 Å². The van der Waals surface area contributed by atoms with Gasteiger partial charge in [-0.15, -0.1) is 0 Å². The molecule has 0 fully saturated rings. The Hall–Kier alpha value is -0.130. The van der Waals surface area contributed by atoms with Gasteiger partial charge in [-0.05, 0) is 22.8 Å². The topological polar surface area (TPSA) is 288 Å². The maximum Gasteiger partial charge on any atom is 0.548 e. The van der Waals surface area contributed by atoms with E-state index in [9.17, 15) is 42.1 Å². The summed E-state index contributed by atoms with van der Waals surface area (Å²) >= 11 is 0.951. The minimum Gasteiger partial charge on any atom is -0.403 e. The fourth-order valence-electron chi connectivity index (χ4n) is 2.86. The summed E-state index contributed by atoms with van der Waals surface area (Å²) < 4.78 is 98.3. The second-order valence-electron chi connectivity index (χ2n) is 6.60. The molecule has 0 amide bonds. The van der Waals surface area contributed by atoms with Gasteiger partial charge in [0.25, 0.3) is 0 Å². The van der Waals surface area contributed by atoms with E-state index in [4.69, 9.17) is 19.2 Å². The van der Waals surface area contributed by atoms with Crippen LogP contribution < -0.4 is 4.52 Å². The Labute approximate surface area is 225 Å². The van der Waals surface area contributed by atoms with Crippen LogP contribution in [0.3, 0.4) is 0 Å². The van der Waals surface area contributed by atoms with Crippen molar-refractivity contribution >= 4 is 69.9 Å². The zero-order chi connectivity index (χ0) is 28.8. The Kier molecular flexibility index (Phi) is 9.61. The standard InChI is InChI=1S/C12H13IO19P6/c13-27-38(25,26-11-7-3-6-10-8-4-1-2-5-9(8)12(10)11)32-37(23,24)31-36(21,22)30-35(19,20)29-34(17,18)28-33(14,15)16/h1-7H,(H,17,18)(H,19,20)(H,21,22)(H,23,24)(H2,14,15,16). The van der Waals surface area contributed by atoms with Gasteiger partial charge in [0.05, 0.1) is 0 Å². The van der Waals surface area contributed by atoms with Crippen molar-refractivity contribution in [1.29, 1.82) is 0 Å². The molecule has 6 N–H and O–H groups in total. The van der Waals surface area contributed by atoms with Gasteiger partial charge >= 0.3 is 46.9 Å². The summed E-state index contributed by atoms with van der Waals surface area (Å²) in [5.74, 6) is -0.165. The van der Waals surface area contributed by atoms with Crippen molar-refractivity contribution in [3.63, 3.8) is 0 Å². The van der Waals surface area contributed by atoms with Gasteiger partial charge in [0.15, 0.2) is 0 Å². The lowest BCUT2D eigenvalue weighted by atomic mass is 9.80. The molecule has 0 aromatic heterocycles. The Morgan fingerprint density at radius 1 is 0.553 bits per heavy atom. The van der Waals surface area contributed by atoms with Crippen LogP contribution in [0.15, 0.2) is 42.5 Å². The third-order valence-electron chi connectivity index (χ3n) is 3.84. The number of hydrogen-bond donors (Lipinski definition) is 6. The maximum atomic E-state index is 12.9. The van der Waals surface area contributed by atoms with Gasteiger partial charge in [0, 0.05) is 5.56 Å². The zero-order valence-corrected chi connectivity index (χ0v) is 25.1. The van der Waals surface area contributed by atoms with Gasteiger partial charge in [-0.25, -0.2) is 30.2 Å². The lowest BCUT2D eigenvalue weighted by Gasteiger charge is -2.27. The van der Waals surface area contributed by atoms with E-state index in [0.717, 1.165) is 28.6 Å². The molecule has 0 heterocycles. The summed E-state index contributed by atoms with van der Waals surface area (Å²) in [7, 11) is -35.7. The summed E-state index contributed by atoms with van der Waals surface area (Å²) in [5, 5.41) is 0. The van der Waals surface area contributed by atoms with Crippen LogP contribution in [-0.4, -0.2) is 29.4 Å². The van der Waals surface area contributed by atoms with Crippen LogP contribution in [0.4, 0.5) is 0 Å². The first-order valence-electron chi connectivity index (χ1n) is 8.92. The second kappa shape index (κ2) is 11.3. The van der Waals surface area contributed by atoms with E-state index < -0.39 is 46.9 Å². The van der Waals surface area contributed by atoms with Gasteiger partial charge in [0.2, 0.25) is 0 Å². The molecule has 1 aliphatic carbocycles. The smallest absolute Gasteiger partial charge is 0.403 e.